The topological polar surface area (TPSA) is 84.2 Å². The molecule has 0 saturated carbocycles. The number of rotatable bonds is 7. The van der Waals surface area contributed by atoms with Crippen molar-refractivity contribution in [2.45, 2.75) is 42.9 Å². The second-order valence-electron chi connectivity index (χ2n) is 6.99. The number of fused-ring (bicyclic) bond motifs is 1. The Morgan fingerprint density at radius 2 is 2.11 bits per heavy atom. The summed E-state index contributed by atoms with van der Waals surface area (Å²) in [6.07, 6.45) is 5.63. The van der Waals surface area contributed by atoms with Crippen LogP contribution in [0.15, 0.2) is 51.4 Å². The summed E-state index contributed by atoms with van der Waals surface area (Å²) in [5.41, 5.74) is 3.76. The van der Waals surface area contributed by atoms with E-state index in [9.17, 15) is 8.42 Å². The Kier molecular flexibility index (Phi) is 5.52. The Morgan fingerprint density at radius 3 is 2.89 bits per heavy atom. The van der Waals surface area contributed by atoms with Crippen LogP contribution in [0.25, 0.3) is 10.6 Å². The van der Waals surface area contributed by atoms with Crippen molar-refractivity contribution >= 4 is 27.0 Å². The van der Waals surface area contributed by atoms with E-state index in [2.05, 4.69) is 22.1 Å². The lowest BCUT2D eigenvalue weighted by atomic mass is 9.88. The summed E-state index contributed by atoms with van der Waals surface area (Å²) in [5.74, 6) is 0. The number of aromatic nitrogens is 1. The van der Waals surface area contributed by atoms with Gasteiger partial charge in [0.2, 0.25) is 0 Å². The third-order valence-electron chi connectivity index (χ3n) is 4.91. The zero-order chi connectivity index (χ0) is 19.6. The lowest BCUT2D eigenvalue weighted by Gasteiger charge is -2.26. The van der Waals surface area contributed by atoms with Crippen molar-refractivity contribution in [1.82, 2.24) is 10.5 Å². The molecule has 2 N–H and O–H groups in total. The highest BCUT2D eigenvalue weighted by Gasteiger charge is 2.21. The number of sulfonamides is 1. The molecule has 28 heavy (non-hydrogen) atoms. The standard InChI is InChI=1S/C20H23N3O3S2/c1-2-10-21-16-5-3-15-13-17(6-4-14(15)12-16)23-28(24,25)20-8-7-19(27-20)18-9-11-26-22-18/h4,6-9,11,13,16,21,23H,2-3,5,10,12H2,1H3/t16-/m0/s1. The Morgan fingerprint density at radius 1 is 1.21 bits per heavy atom. The van der Waals surface area contributed by atoms with E-state index in [0.29, 0.717) is 17.4 Å². The van der Waals surface area contributed by atoms with E-state index in [1.807, 2.05) is 18.2 Å². The Labute approximate surface area is 169 Å². The number of benzene rings is 1. The predicted molar refractivity (Wildman–Crippen MR) is 111 cm³/mol. The van der Waals surface area contributed by atoms with Crippen LogP contribution in [0.2, 0.25) is 0 Å². The first-order chi connectivity index (χ1) is 13.5. The van der Waals surface area contributed by atoms with Crippen molar-refractivity contribution in [3.8, 4) is 10.6 Å². The van der Waals surface area contributed by atoms with E-state index in [4.69, 9.17) is 4.52 Å². The number of hydrogen-bond acceptors (Lipinski definition) is 6. The highest BCUT2D eigenvalue weighted by Crippen LogP contribution is 2.31. The first kappa shape index (κ1) is 19.2. The van der Waals surface area contributed by atoms with Crippen molar-refractivity contribution in [1.29, 1.82) is 0 Å². The van der Waals surface area contributed by atoms with Gasteiger partial charge in [0.1, 0.15) is 16.2 Å². The molecule has 1 aromatic carbocycles. The van der Waals surface area contributed by atoms with Crippen LogP contribution in [0.5, 0.6) is 0 Å². The van der Waals surface area contributed by atoms with Crippen molar-refractivity contribution in [2.24, 2.45) is 0 Å². The van der Waals surface area contributed by atoms with Gasteiger partial charge in [-0.25, -0.2) is 8.42 Å². The molecule has 0 saturated heterocycles. The Bertz CT molecular complexity index is 1040. The molecule has 0 radical (unpaired) electrons. The molecule has 0 unspecified atom stereocenters. The minimum absolute atomic E-state index is 0.257. The molecule has 6 nitrogen and oxygen atoms in total. The fourth-order valence-electron chi connectivity index (χ4n) is 3.49. The van der Waals surface area contributed by atoms with Crippen molar-refractivity contribution in [2.75, 3.05) is 11.3 Å². The molecule has 2 heterocycles. The second-order valence-corrected chi connectivity index (χ2v) is 9.98. The van der Waals surface area contributed by atoms with Crippen LogP contribution < -0.4 is 10.0 Å². The molecule has 3 aromatic rings. The largest absolute Gasteiger partial charge is 0.364 e. The van der Waals surface area contributed by atoms with Gasteiger partial charge in [0.25, 0.3) is 10.0 Å². The fraction of sp³-hybridized carbons (Fsp3) is 0.350. The highest BCUT2D eigenvalue weighted by atomic mass is 32.2. The molecule has 148 valence electrons. The van der Waals surface area contributed by atoms with Crippen LogP contribution in [-0.4, -0.2) is 26.2 Å². The maximum Gasteiger partial charge on any atom is 0.271 e. The van der Waals surface area contributed by atoms with Gasteiger partial charge in [-0.2, -0.15) is 0 Å². The lowest BCUT2D eigenvalue weighted by Crippen LogP contribution is -2.35. The van der Waals surface area contributed by atoms with Gasteiger partial charge in [0, 0.05) is 17.8 Å². The van der Waals surface area contributed by atoms with Crippen LogP contribution in [-0.2, 0) is 22.9 Å². The fourth-order valence-corrected chi connectivity index (χ4v) is 5.81. The number of hydrogen-bond donors (Lipinski definition) is 2. The quantitative estimate of drug-likeness (QED) is 0.606. The summed E-state index contributed by atoms with van der Waals surface area (Å²) in [7, 11) is -3.64. The van der Waals surface area contributed by atoms with E-state index < -0.39 is 10.0 Å². The summed E-state index contributed by atoms with van der Waals surface area (Å²) < 4.78 is 33.3. The summed E-state index contributed by atoms with van der Waals surface area (Å²) >= 11 is 1.17. The minimum Gasteiger partial charge on any atom is -0.364 e. The minimum atomic E-state index is -3.64. The number of nitrogens with zero attached hydrogens (tertiary/aromatic N) is 1. The van der Waals surface area contributed by atoms with Crippen LogP contribution in [0.4, 0.5) is 5.69 Å². The molecule has 2 aromatic heterocycles. The average molecular weight is 418 g/mol. The van der Waals surface area contributed by atoms with Gasteiger partial charge in [0.05, 0.1) is 4.88 Å². The van der Waals surface area contributed by atoms with Gasteiger partial charge >= 0.3 is 0 Å². The molecule has 0 amide bonds. The number of aryl methyl sites for hydroxylation is 1. The maximum atomic E-state index is 12.8. The van der Waals surface area contributed by atoms with Gasteiger partial charge in [-0.1, -0.05) is 18.1 Å². The molecule has 1 atom stereocenters. The first-order valence-corrected chi connectivity index (χ1v) is 11.7. The first-order valence-electron chi connectivity index (χ1n) is 9.44. The maximum absolute atomic E-state index is 12.8. The third-order valence-corrected chi connectivity index (χ3v) is 7.89. The molecule has 0 aliphatic heterocycles. The molecular formula is C20H23N3O3S2. The lowest BCUT2D eigenvalue weighted by molar-refractivity contribution is 0.422. The molecule has 0 bridgehead atoms. The van der Waals surface area contributed by atoms with E-state index in [1.54, 1.807) is 18.2 Å². The van der Waals surface area contributed by atoms with E-state index in [-0.39, 0.29) is 4.21 Å². The van der Waals surface area contributed by atoms with Crippen molar-refractivity contribution in [3.05, 3.63) is 53.8 Å². The summed E-state index contributed by atoms with van der Waals surface area (Å²) in [4.78, 5) is 0.755. The second kappa shape index (κ2) is 8.06. The number of thiophene rings is 1. The van der Waals surface area contributed by atoms with Crippen LogP contribution in [0.3, 0.4) is 0 Å². The zero-order valence-corrected chi connectivity index (χ0v) is 17.3. The van der Waals surface area contributed by atoms with Crippen LogP contribution >= 0.6 is 11.3 Å². The van der Waals surface area contributed by atoms with E-state index >= 15 is 0 Å². The van der Waals surface area contributed by atoms with Crippen molar-refractivity contribution in [3.63, 3.8) is 0 Å². The van der Waals surface area contributed by atoms with Gasteiger partial charge in [0.15, 0.2) is 0 Å². The molecule has 0 fully saturated rings. The van der Waals surface area contributed by atoms with Gasteiger partial charge in [-0.15, -0.1) is 11.3 Å². The van der Waals surface area contributed by atoms with E-state index in [1.165, 1.54) is 28.7 Å². The summed E-state index contributed by atoms with van der Waals surface area (Å²) in [6, 6.07) is 11.4. The van der Waals surface area contributed by atoms with Crippen LogP contribution in [0.1, 0.15) is 30.9 Å². The Hall–Kier alpha value is -2.16. The summed E-state index contributed by atoms with van der Waals surface area (Å²) in [5, 5.41) is 7.43. The smallest absolute Gasteiger partial charge is 0.271 e. The monoisotopic (exact) mass is 417 g/mol. The Balaban J connectivity index is 1.48. The molecule has 1 aliphatic carbocycles. The SMILES string of the molecule is CCCN[C@H]1CCc2cc(NS(=O)(=O)c3ccc(-c4ccon4)s3)ccc2C1. The predicted octanol–water partition coefficient (Wildman–Crippen LogP) is 4.06. The van der Waals surface area contributed by atoms with E-state index in [0.717, 1.165) is 37.1 Å². The summed E-state index contributed by atoms with van der Waals surface area (Å²) in [6.45, 7) is 3.21. The molecular weight excluding hydrogens is 394 g/mol. The molecule has 8 heteroatoms. The van der Waals surface area contributed by atoms with Gasteiger partial charge in [-0.3, -0.25) is 4.72 Å². The molecule has 1 aliphatic rings. The normalized spacial score (nSPS) is 16.7. The van der Waals surface area contributed by atoms with Gasteiger partial charge < -0.3 is 9.84 Å². The third kappa shape index (κ3) is 4.14. The number of anilines is 1. The average Bonchev–Trinajstić information content (AvgIpc) is 3.37. The molecule has 0 spiro atoms. The van der Waals surface area contributed by atoms with Crippen molar-refractivity contribution < 1.29 is 12.9 Å². The highest BCUT2D eigenvalue weighted by molar-refractivity contribution is 7.94. The zero-order valence-electron chi connectivity index (χ0n) is 15.6. The van der Waals surface area contributed by atoms with Gasteiger partial charge in [-0.05, 0) is 67.6 Å². The number of nitrogens with one attached hydrogen (secondary N) is 2. The van der Waals surface area contributed by atoms with Crippen LogP contribution in [0, 0.1) is 0 Å². The molecule has 4 rings (SSSR count).